The quantitative estimate of drug-likeness (QED) is 0.734. The van der Waals surface area contributed by atoms with Gasteiger partial charge in [-0.25, -0.2) is 0 Å². The molecule has 2 atom stereocenters. The number of nitrogens with zero attached hydrogens (tertiary/aromatic N) is 1. The summed E-state index contributed by atoms with van der Waals surface area (Å²) in [5.41, 5.74) is -0.661. The molecule has 1 aliphatic heterocycles. The van der Waals surface area contributed by atoms with Crippen LogP contribution in [0.5, 0.6) is 0 Å². The molecule has 0 aromatic carbocycles. The number of hydrogen-bond donors (Lipinski definition) is 1. The highest BCUT2D eigenvalue weighted by Crippen LogP contribution is 2.41. The van der Waals surface area contributed by atoms with Crippen LogP contribution in [0, 0.1) is 5.92 Å². The van der Waals surface area contributed by atoms with E-state index in [1.165, 1.54) is 25.7 Å². The van der Waals surface area contributed by atoms with Gasteiger partial charge >= 0.3 is 0 Å². The lowest BCUT2D eigenvalue weighted by atomic mass is 9.93. The van der Waals surface area contributed by atoms with E-state index in [1.807, 2.05) is 18.7 Å². The Morgan fingerprint density at radius 3 is 2.48 bits per heavy atom. The van der Waals surface area contributed by atoms with Crippen LogP contribution < -0.4 is 5.32 Å². The highest BCUT2D eigenvalue weighted by atomic mass is 16.2. The molecule has 1 aliphatic carbocycles. The van der Waals surface area contributed by atoms with Crippen molar-refractivity contribution in [3.8, 4) is 0 Å². The molecule has 0 radical (unpaired) electrons. The minimum Gasteiger partial charge on any atom is -0.342 e. The van der Waals surface area contributed by atoms with Crippen molar-refractivity contribution in [2.24, 2.45) is 5.92 Å². The Labute approximate surface area is 128 Å². The Balaban J connectivity index is 1.99. The van der Waals surface area contributed by atoms with Crippen LogP contribution in [0.2, 0.25) is 0 Å². The Morgan fingerprint density at radius 1 is 1.19 bits per heavy atom. The predicted molar refractivity (Wildman–Crippen MR) is 83.8 cm³/mol. The molecule has 21 heavy (non-hydrogen) atoms. The standard InChI is InChI=1S/C17H30N2O2/c1-4-5-6-7-8-11-19-13(2)12-15(20)18-17(3,16(19)21)14-9-10-14/h13-14H,4-12H2,1-3H3,(H,18,20). The van der Waals surface area contributed by atoms with Crippen LogP contribution in [0.1, 0.15) is 72.1 Å². The van der Waals surface area contributed by atoms with Gasteiger partial charge in [0.05, 0.1) is 0 Å². The average Bonchev–Trinajstić information content (AvgIpc) is 3.25. The molecule has 1 saturated carbocycles. The lowest BCUT2D eigenvalue weighted by Gasteiger charge is -2.34. The molecule has 2 rings (SSSR count). The minimum absolute atomic E-state index is 0.0178. The van der Waals surface area contributed by atoms with E-state index in [-0.39, 0.29) is 17.9 Å². The van der Waals surface area contributed by atoms with E-state index in [0.29, 0.717) is 12.3 Å². The molecule has 2 fully saturated rings. The molecule has 0 spiro atoms. The molecule has 2 aliphatic rings. The summed E-state index contributed by atoms with van der Waals surface area (Å²) in [6, 6.07) is 0.0178. The number of nitrogens with one attached hydrogen (secondary N) is 1. The molecule has 0 aromatic rings. The molecule has 4 nitrogen and oxygen atoms in total. The lowest BCUT2D eigenvalue weighted by molar-refractivity contribution is -0.140. The summed E-state index contributed by atoms with van der Waals surface area (Å²) in [4.78, 5) is 27.0. The van der Waals surface area contributed by atoms with E-state index in [0.717, 1.165) is 25.8 Å². The first-order valence-corrected chi connectivity index (χ1v) is 8.61. The summed E-state index contributed by atoms with van der Waals surface area (Å²) in [7, 11) is 0. The fraction of sp³-hybridized carbons (Fsp3) is 0.882. The minimum atomic E-state index is -0.661. The zero-order valence-corrected chi connectivity index (χ0v) is 13.8. The third-order valence-corrected chi connectivity index (χ3v) is 5.01. The number of amides is 2. The van der Waals surface area contributed by atoms with E-state index in [4.69, 9.17) is 0 Å². The van der Waals surface area contributed by atoms with Crippen molar-refractivity contribution >= 4 is 11.8 Å². The summed E-state index contributed by atoms with van der Waals surface area (Å²) in [5.74, 6) is 0.499. The van der Waals surface area contributed by atoms with Gasteiger partial charge in [-0.15, -0.1) is 0 Å². The summed E-state index contributed by atoms with van der Waals surface area (Å²) < 4.78 is 0. The van der Waals surface area contributed by atoms with E-state index in [1.54, 1.807) is 0 Å². The van der Waals surface area contributed by atoms with Crippen molar-refractivity contribution in [3.63, 3.8) is 0 Å². The summed E-state index contributed by atoms with van der Waals surface area (Å²) >= 11 is 0. The molecule has 4 heteroatoms. The fourth-order valence-electron chi connectivity index (χ4n) is 3.42. The van der Waals surface area contributed by atoms with Crippen molar-refractivity contribution in [2.75, 3.05) is 6.54 Å². The highest BCUT2D eigenvalue weighted by Gasteiger charge is 2.52. The molecule has 2 amide bonds. The van der Waals surface area contributed by atoms with Crippen LogP contribution in [0.15, 0.2) is 0 Å². The molecule has 0 bridgehead atoms. The zero-order chi connectivity index (χ0) is 15.5. The van der Waals surface area contributed by atoms with E-state index in [2.05, 4.69) is 12.2 Å². The largest absolute Gasteiger partial charge is 0.342 e. The van der Waals surface area contributed by atoms with Gasteiger partial charge in [-0.1, -0.05) is 32.6 Å². The van der Waals surface area contributed by atoms with E-state index in [9.17, 15) is 9.59 Å². The second-order valence-corrected chi connectivity index (χ2v) is 6.99. The smallest absolute Gasteiger partial charge is 0.248 e. The van der Waals surface area contributed by atoms with Crippen LogP contribution >= 0.6 is 0 Å². The van der Waals surface area contributed by atoms with Crippen LogP contribution in [-0.2, 0) is 9.59 Å². The normalized spacial score (nSPS) is 30.2. The predicted octanol–water partition coefficient (Wildman–Crippen LogP) is 2.86. The SMILES string of the molecule is CCCCCCCN1C(=O)C(C)(C2CC2)NC(=O)CC1C. The number of rotatable bonds is 7. The fourth-order valence-corrected chi connectivity index (χ4v) is 3.42. The first-order chi connectivity index (χ1) is 9.99. The molecular weight excluding hydrogens is 264 g/mol. The van der Waals surface area contributed by atoms with Crippen molar-refractivity contribution in [3.05, 3.63) is 0 Å². The first kappa shape index (κ1) is 16.3. The van der Waals surface area contributed by atoms with Gasteiger partial charge in [0.2, 0.25) is 11.8 Å². The Morgan fingerprint density at radius 2 is 1.86 bits per heavy atom. The second-order valence-electron chi connectivity index (χ2n) is 6.99. The summed E-state index contributed by atoms with van der Waals surface area (Å²) in [5, 5.41) is 3.01. The zero-order valence-electron chi connectivity index (χ0n) is 13.8. The van der Waals surface area contributed by atoms with Gasteiger partial charge in [0.1, 0.15) is 5.54 Å². The third kappa shape index (κ3) is 3.78. The molecular formula is C17H30N2O2. The monoisotopic (exact) mass is 294 g/mol. The molecule has 1 saturated heterocycles. The van der Waals surface area contributed by atoms with Gasteiger partial charge in [-0.05, 0) is 39.0 Å². The van der Waals surface area contributed by atoms with Crippen LogP contribution in [0.25, 0.3) is 0 Å². The molecule has 1 heterocycles. The maximum absolute atomic E-state index is 12.9. The molecule has 1 N–H and O–H groups in total. The van der Waals surface area contributed by atoms with Gasteiger partial charge in [0.15, 0.2) is 0 Å². The number of hydrogen-bond acceptors (Lipinski definition) is 2. The Hall–Kier alpha value is -1.06. The van der Waals surface area contributed by atoms with Gasteiger partial charge < -0.3 is 10.2 Å². The molecule has 2 unspecified atom stereocenters. The second kappa shape index (κ2) is 6.80. The van der Waals surface area contributed by atoms with Gasteiger partial charge in [0, 0.05) is 19.0 Å². The summed E-state index contributed by atoms with van der Waals surface area (Å²) in [6.45, 7) is 6.93. The van der Waals surface area contributed by atoms with Gasteiger partial charge in [-0.3, -0.25) is 9.59 Å². The van der Waals surface area contributed by atoms with Crippen LogP contribution in [0.4, 0.5) is 0 Å². The average molecular weight is 294 g/mol. The Kier molecular flexibility index (Phi) is 5.28. The molecule has 0 aromatic heterocycles. The van der Waals surface area contributed by atoms with Crippen molar-refractivity contribution in [2.45, 2.75) is 83.7 Å². The number of carbonyl (C=O) groups is 2. The highest BCUT2D eigenvalue weighted by molar-refractivity contribution is 5.94. The van der Waals surface area contributed by atoms with Crippen LogP contribution in [-0.4, -0.2) is 34.8 Å². The maximum atomic E-state index is 12.9. The third-order valence-electron chi connectivity index (χ3n) is 5.01. The first-order valence-electron chi connectivity index (χ1n) is 8.61. The van der Waals surface area contributed by atoms with E-state index >= 15 is 0 Å². The van der Waals surface area contributed by atoms with Gasteiger partial charge in [0.25, 0.3) is 0 Å². The van der Waals surface area contributed by atoms with Crippen molar-refractivity contribution in [1.82, 2.24) is 10.2 Å². The van der Waals surface area contributed by atoms with Gasteiger partial charge in [-0.2, -0.15) is 0 Å². The molecule has 120 valence electrons. The maximum Gasteiger partial charge on any atom is 0.248 e. The van der Waals surface area contributed by atoms with Crippen molar-refractivity contribution < 1.29 is 9.59 Å². The van der Waals surface area contributed by atoms with Crippen molar-refractivity contribution in [1.29, 1.82) is 0 Å². The topological polar surface area (TPSA) is 49.4 Å². The number of carbonyl (C=O) groups excluding carboxylic acids is 2. The van der Waals surface area contributed by atoms with E-state index < -0.39 is 5.54 Å². The van der Waals surface area contributed by atoms with Crippen LogP contribution in [0.3, 0.4) is 0 Å². The summed E-state index contributed by atoms with van der Waals surface area (Å²) in [6.07, 6.45) is 8.51. The Bertz CT molecular complexity index is 392. The lowest BCUT2D eigenvalue weighted by Crippen LogP contribution is -2.57. The number of unbranched alkanes of at least 4 members (excludes halogenated alkanes) is 4.